The molecular weight excluding hydrogens is 198 g/mol. The first-order valence-corrected chi connectivity index (χ1v) is 4.39. The molecule has 1 rings (SSSR count). The highest BCUT2D eigenvalue weighted by atomic mass is 16.5. The van der Waals surface area contributed by atoms with Gasteiger partial charge >= 0.3 is 5.97 Å². The Balaban J connectivity index is 2.87. The molecular formula is C10H13NO4. The minimum Gasteiger partial charge on any atom is -0.504 e. The van der Waals surface area contributed by atoms with Gasteiger partial charge < -0.3 is 20.7 Å². The van der Waals surface area contributed by atoms with Crippen LogP contribution >= 0.6 is 0 Å². The van der Waals surface area contributed by atoms with Crippen LogP contribution in [0, 0.1) is 0 Å². The van der Waals surface area contributed by atoms with Crippen LogP contribution in [0.25, 0.3) is 0 Å². The van der Waals surface area contributed by atoms with E-state index in [1.54, 1.807) is 12.1 Å². The van der Waals surface area contributed by atoms with Crippen molar-refractivity contribution in [1.29, 1.82) is 0 Å². The van der Waals surface area contributed by atoms with Gasteiger partial charge in [-0.1, -0.05) is 6.07 Å². The molecule has 1 atom stereocenters. The molecule has 0 radical (unpaired) electrons. The fraction of sp³-hybridized carbons (Fsp3) is 0.300. The second-order valence-electron chi connectivity index (χ2n) is 3.14. The zero-order valence-corrected chi connectivity index (χ0v) is 8.30. The number of carboxylic acid groups (broad SMARTS) is 1. The smallest absolute Gasteiger partial charge is 0.305 e. The number of methoxy groups -OCH3 is 1. The van der Waals surface area contributed by atoms with E-state index in [-0.39, 0.29) is 12.2 Å². The number of aromatic hydroxyl groups is 1. The Morgan fingerprint density at radius 2 is 2.27 bits per heavy atom. The molecule has 0 aromatic heterocycles. The summed E-state index contributed by atoms with van der Waals surface area (Å²) in [6, 6.07) is 3.96. The number of hydrogen-bond acceptors (Lipinski definition) is 4. The SMILES string of the molecule is COc1ccc(C(N)CC(=O)O)cc1O. The molecule has 0 aliphatic rings. The van der Waals surface area contributed by atoms with Crippen LogP contribution in [0.3, 0.4) is 0 Å². The predicted octanol–water partition coefficient (Wildman–Crippen LogP) is 0.875. The molecule has 0 heterocycles. The lowest BCUT2D eigenvalue weighted by Gasteiger charge is -2.11. The fourth-order valence-corrected chi connectivity index (χ4v) is 1.24. The van der Waals surface area contributed by atoms with Gasteiger partial charge in [-0.3, -0.25) is 4.79 Å². The van der Waals surface area contributed by atoms with Crippen LogP contribution in [-0.2, 0) is 4.79 Å². The van der Waals surface area contributed by atoms with Gasteiger partial charge in [0, 0.05) is 6.04 Å². The van der Waals surface area contributed by atoms with Crippen LogP contribution < -0.4 is 10.5 Å². The van der Waals surface area contributed by atoms with Crippen LogP contribution in [0.4, 0.5) is 0 Å². The summed E-state index contributed by atoms with van der Waals surface area (Å²) in [5, 5.41) is 18.0. The molecule has 1 unspecified atom stereocenters. The summed E-state index contributed by atoms with van der Waals surface area (Å²) in [7, 11) is 1.44. The first-order valence-electron chi connectivity index (χ1n) is 4.39. The number of carboxylic acids is 1. The monoisotopic (exact) mass is 211 g/mol. The van der Waals surface area contributed by atoms with Gasteiger partial charge in [-0.15, -0.1) is 0 Å². The first kappa shape index (κ1) is 11.3. The Morgan fingerprint density at radius 1 is 1.60 bits per heavy atom. The predicted molar refractivity (Wildman–Crippen MR) is 53.8 cm³/mol. The van der Waals surface area contributed by atoms with Gasteiger partial charge in [0.1, 0.15) is 0 Å². The van der Waals surface area contributed by atoms with Crippen molar-refractivity contribution >= 4 is 5.97 Å². The van der Waals surface area contributed by atoms with Crippen molar-refractivity contribution in [3.63, 3.8) is 0 Å². The van der Waals surface area contributed by atoms with Crippen LogP contribution in [0.2, 0.25) is 0 Å². The largest absolute Gasteiger partial charge is 0.504 e. The second-order valence-corrected chi connectivity index (χ2v) is 3.14. The number of phenolic OH excluding ortho intramolecular Hbond substituents is 1. The first-order chi connectivity index (χ1) is 7.04. The van der Waals surface area contributed by atoms with Crippen molar-refractivity contribution < 1.29 is 19.7 Å². The van der Waals surface area contributed by atoms with E-state index in [9.17, 15) is 9.90 Å². The van der Waals surface area contributed by atoms with E-state index in [1.165, 1.54) is 13.2 Å². The van der Waals surface area contributed by atoms with Crippen LogP contribution in [-0.4, -0.2) is 23.3 Å². The van der Waals surface area contributed by atoms with Gasteiger partial charge in [0.25, 0.3) is 0 Å². The normalized spacial score (nSPS) is 12.1. The molecule has 5 heteroatoms. The summed E-state index contributed by atoms with van der Waals surface area (Å²) in [6.07, 6.45) is -0.175. The molecule has 1 aromatic rings. The zero-order chi connectivity index (χ0) is 11.4. The van der Waals surface area contributed by atoms with Crippen molar-refractivity contribution in [3.8, 4) is 11.5 Å². The van der Waals surface area contributed by atoms with E-state index >= 15 is 0 Å². The average Bonchev–Trinajstić information content (AvgIpc) is 2.16. The number of phenols is 1. The van der Waals surface area contributed by atoms with Crippen molar-refractivity contribution in [2.24, 2.45) is 5.73 Å². The molecule has 0 saturated heterocycles. The van der Waals surface area contributed by atoms with Crippen LogP contribution in [0.15, 0.2) is 18.2 Å². The van der Waals surface area contributed by atoms with Crippen LogP contribution in [0.5, 0.6) is 11.5 Å². The van der Waals surface area contributed by atoms with Crippen molar-refractivity contribution in [3.05, 3.63) is 23.8 Å². The minimum absolute atomic E-state index is 0.0455. The van der Waals surface area contributed by atoms with Gasteiger partial charge in [-0.05, 0) is 17.7 Å². The van der Waals surface area contributed by atoms with E-state index in [2.05, 4.69) is 0 Å². The molecule has 0 saturated carbocycles. The van der Waals surface area contributed by atoms with Gasteiger partial charge in [0.05, 0.1) is 13.5 Å². The summed E-state index contributed by atoms with van der Waals surface area (Å²) in [6.45, 7) is 0. The standard InChI is InChI=1S/C10H13NO4/c1-15-9-3-2-6(4-8(9)12)7(11)5-10(13)14/h2-4,7,12H,5,11H2,1H3,(H,13,14). The van der Waals surface area contributed by atoms with E-state index in [0.29, 0.717) is 11.3 Å². The Hall–Kier alpha value is -1.75. The van der Waals surface area contributed by atoms with Gasteiger partial charge in [-0.2, -0.15) is 0 Å². The van der Waals surface area contributed by atoms with Crippen molar-refractivity contribution in [2.75, 3.05) is 7.11 Å². The van der Waals surface area contributed by atoms with Crippen LogP contribution in [0.1, 0.15) is 18.0 Å². The minimum atomic E-state index is -0.974. The number of aliphatic carboxylic acids is 1. The Morgan fingerprint density at radius 3 is 2.73 bits per heavy atom. The molecule has 4 N–H and O–H groups in total. The highest BCUT2D eigenvalue weighted by Crippen LogP contribution is 2.28. The maximum atomic E-state index is 10.4. The summed E-state index contributed by atoms with van der Waals surface area (Å²) in [4.78, 5) is 10.4. The quantitative estimate of drug-likeness (QED) is 0.687. The molecule has 1 aromatic carbocycles. The highest BCUT2D eigenvalue weighted by Gasteiger charge is 2.12. The number of rotatable bonds is 4. The van der Waals surface area contributed by atoms with E-state index in [0.717, 1.165) is 0 Å². The lowest BCUT2D eigenvalue weighted by atomic mass is 10.0. The molecule has 82 valence electrons. The average molecular weight is 211 g/mol. The maximum Gasteiger partial charge on any atom is 0.305 e. The molecule has 5 nitrogen and oxygen atoms in total. The Kier molecular flexibility index (Phi) is 3.51. The molecule has 0 fully saturated rings. The fourth-order valence-electron chi connectivity index (χ4n) is 1.24. The molecule has 0 amide bonds. The topological polar surface area (TPSA) is 92.8 Å². The lowest BCUT2D eigenvalue weighted by molar-refractivity contribution is -0.137. The Labute approximate surface area is 87.1 Å². The molecule has 0 spiro atoms. The van der Waals surface area contributed by atoms with Crippen molar-refractivity contribution in [2.45, 2.75) is 12.5 Å². The van der Waals surface area contributed by atoms with E-state index in [4.69, 9.17) is 15.6 Å². The summed E-state index contributed by atoms with van der Waals surface area (Å²) < 4.78 is 4.85. The maximum absolute atomic E-state index is 10.4. The zero-order valence-electron chi connectivity index (χ0n) is 8.30. The number of hydrogen-bond donors (Lipinski definition) is 3. The molecule has 0 bridgehead atoms. The van der Waals surface area contributed by atoms with E-state index < -0.39 is 12.0 Å². The third-order valence-electron chi connectivity index (χ3n) is 2.03. The third-order valence-corrected chi connectivity index (χ3v) is 2.03. The highest BCUT2D eigenvalue weighted by molar-refractivity contribution is 5.68. The summed E-state index contributed by atoms with van der Waals surface area (Å²) in [5.74, 6) is -0.685. The molecule has 0 aliphatic carbocycles. The number of ether oxygens (including phenoxy) is 1. The summed E-state index contributed by atoms with van der Waals surface area (Å²) in [5.41, 5.74) is 6.19. The summed E-state index contributed by atoms with van der Waals surface area (Å²) >= 11 is 0. The number of nitrogens with two attached hydrogens (primary N) is 1. The molecule has 0 aliphatic heterocycles. The number of carbonyl (C=O) groups is 1. The molecule has 15 heavy (non-hydrogen) atoms. The third kappa shape index (κ3) is 2.85. The van der Waals surface area contributed by atoms with Crippen molar-refractivity contribution in [1.82, 2.24) is 0 Å². The second kappa shape index (κ2) is 4.65. The number of benzene rings is 1. The lowest BCUT2D eigenvalue weighted by Crippen LogP contribution is -2.14. The Bertz CT molecular complexity index is 364. The van der Waals surface area contributed by atoms with E-state index in [1.807, 2.05) is 0 Å². The van der Waals surface area contributed by atoms with Gasteiger partial charge in [-0.25, -0.2) is 0 Å². The van der Waals surface area contributed by atoms with Gasteiger partial charge in [0.2, 0.25) is 0 Å². The van der Waals surface area contributed by atoms with Gasteiger partial charge in [0.15, 0.2) is 11.5 Å².